The summed E-state index contributed by atoms with van der Waals surface area (Å²) < 4.78 is 5.87. The fourth-order valence-corrected chi connectivity index (χ4v) is 1.43. The van der Waals surface area contributed by atoms with Crippen LogP contribution in [0.4, 0.5) is 5.82 Å². The summed E-state index contributed by atoms with van der Waals surface area (Å²) in [5.74, 6) is 2.37. The van der Waals surface area contributed by atoms with Gasteiger partial charge in [-0.1, -0.05) is 6.92 Å². The SMILES string of the molecule is CCNc1nc(CC)nc(OC(C)(C)C)c1C. The zero-order valence-corrected chi connectivity index (χ0v) is 11.7. The molecule has 4 heteroatoms. The van der Waals surface area contributed by atoms with E-state index in [9.17, 15) is 0 Å². The number of rotatable bonds is 4. The first-order valence-electron chi connectivity index (χ1n) is 6.17. The summed E-state index contributed by atoms with van der Waals surface area (Å²) in [6, 6.07) is 0. The molecule has 0 amide bonds. The molecule has 0 spiro atoms. The van der Waals surface area contributed by atoms with Gasteiger partial charge in [0.2, 0.25) is 5.88 Å². The van der Waals surface area contributed by atoms with E-state index in [4.69, 9.17) is 4.74 Å². The largest absolute Gasteiger partial charge is 0.472 e. The van der Waals surface area contributed by atoms with Crippen molar-refractivity contribution in [3.05, 3.63) is 11.4 Å². The number of nitrogens with one attached hydrogen (secondary N) is 1. The smallest absolute Gasteiger partial charge is 0.222 e. The molecule has 0 saturated heterocycles. The molecule has 0 aliphatic carbocycles. The molecule has 0 aliphatic heterocycles. The van der Waals surface area contributed by atoms with E-state index in [-0.39, 0.29) is 5.60 Å². The van der Waals surface area contributed by atoms with Gasteiger partial charge >= 0.3 is 0 Å². The molecule has 0 atom stereocenters. The van der Waals surface area contributed by atoms with Crippen LogP contribution >= 0.6 is 0 Å². The van der Waals surface area contributed by atoms with E-state index in [0.717, 1.165) is 30.2 Å². The van der Waals surface area contributed by atoms with Crippen molar-refractivity contribution < 1.29 is 4.74 Å². The third-order valence-electron chi connectivity index (χ3n) is 2.21. The lowest BCUT2D eigenvalue weighted by atomic mass is 10.2. The minimum atomic E-state index is -0.242. The lowest BCUT2D eigenvalue weighted by molar-refractivity contribution is 0.122. The quantitative estimate of drug-likeness (QED) is 0.874. The van der Waals surface area contributed by atoms with Crippen LogP contribution in [0.5, 0.6) is 5.88 Å². The lowest BCUT2D eigenvalue weighted by Crippen LogP contribution is -2.25. The molecule has 96 valence electrons. The van der Waals surface area contributed by atoms with Crippen molar-refractivity contribution >= 4 is 5.82 Å². The molecule has 1 aromatic heterocycles. The highest BCUT2D eigenvalue weighted by atomic mass is 16.5. The van der Waals surface area contributed by atoms with E-state index in [1.807, 2.05) is 34.6 Å². The number of hydrogen-bond donors (Lipinski definition) is 1. The van der Waals surface area contributed by atoms with Crippen molar-refractivity contribution in [2.24, 2.45) is 0 Å². The Bertz CT molecular complexity index is 383. The second-order valence-corrected chi connectivity index (χ2v) is 5.02. The van der Waals surface area contributed by atoms with Crippen LogP contribution in [0.25, 0.3) is 0 Å². The number of nitrogens with zero attached hydrogens (tertiary/aromatic N) is 2. The standard InChI is InChI=1S/C13H23N3O/c1-7-10-15-11(14-8-2)9(3)12(16-10)17-13(4,5)6/h7-8H2,1-6H3,(H,14,15,16). The average molecular weight is 237 g/mol. The van der Waals surface area contributed by atoms with E-state index in [1.165, 1.54) is 0 Å². The summed E-state index contributed by atoms with van der Waals surface area (Å²) in [6.45, 7) is 13.0. The van der Waals surface area contributed by atoms with E-state index in [0.29, 0.717) is 5.88 Å². The van der Waals surface area contributed by atoms with Crippen LogP contribution in [0.2, 0.25) is 0 Å². The van der Waals surface area contributed by atoms with E-state index in [1.54, 1.807) is 0 Å². The van der Waals surface area contributed by atoms with Crippen LogP contribution in [0.15, 0.2) is 0 Å². The predicted molar refractivity (Wildman–Crippen MR) is 70.7 cm³/mol. The van der Waals surface area contributed by atoms with E-state index in [2.05, 4.69) is 22.2 Å². The Labute approximate surface area is 104 Å². The van der Waals surface area contributed by atoms with Crippen molar-refractivity contribution in [2.45, 2.75) is 53.6 Å². The number of hydrogen-bond acceptors (Lipinski definition) is 4. The normalized spacial score (nSPS) is 11.4. The third-order valence-corrected chi connectivity index (χ3v) is 2.21. The van der Waals surface area contributed by atoms with Gasteiger partial charge in [0, 0.05) is 13.0 Å². The van der Waals surface area contributed by atoms with Gasteiger partial charge in [-0.25, -0.2) is 4.98 Å². The minimum Gasteiger partial charge on any atom is -0.472 e. The van der Waals surface area contributed by atoms with Gasteiger partial charge in [0.1, 0.15) is 17.2 Å². The zero-order chi connectivity index (χ0) is 13.1. The minimum absolute atomic E-state index is 0.242. The molecule has 1 rings (SSSR count). The first kappa shape index (κ1) is 13.7. The topological polar surface area (TPSA) is 47.0 Å². The van der Waals surface area contributed by atoms with Gasteiger partial charge < -0.3 is 10.1 Å². The van der Waals surface area contributed by atoms with Crippen molar-refractivity contribution in [3.63, 3.8) is 0 Å². The van der Waals surface area contributed by atoms with Gasteiger partial charge in [0.25, 0.3) is 0 Å². The first-order chi connectivity index (χ1) is 7.87. The van der Waals surface area contributed by atoms with E-state index >= 15 is 0 Å². The Morgan fingerprint density at radius 3 is 2.29 bits per heavy atom. The van der Waals surface area contributed by atoms with Crippen LogP contribution < -0.4 is 10.1 Å². The molecule has 0 unspecified atom stereocenters. The molecule has 0 radical (unpaired) electrons. The molecule has 1 N–H and O–H groups in total. The Morgan fingerprint density at radius 2 is 1.82 bits per heavy atom. The van der Waals surface area contributed by atoms with Crippen LogP contribution in [0.1, 0.15) is 46.0 Å². The summed E-state index contributed by atoms with van der Waals surface area (Å²) in [6.07, 6.45) is 0.805. The Morgan fingerprint density at radius 1 is 1.18 bits per heavy atom. The maximum Gasteiger partial charge on any atom is 0.222 e. The average Bonchev–Trinajstić information content (AvgIpc) is 2.22. The van der Waals surface area contributed by atoms with Crippen LogP contribution in [-0.2, 0) is 6.42 Å². The summed E-state index contributed by atoms with van der Waals surface area (Å²) >= 11 is 0. The Balaban J connectivity index is 3.14. The van der Waals surface area contributed by atoms with Gasteiger partial charge in [-0.15, -0.1) is 0 Å². The van der Waals surface area contributed by atoms with Gasteiger partial charge in [-0.05, 0) is 34.6 Å². The number of ether oxygens (including phenoxy) is 1. The Kier molecular flexibility index (Phi) is 4.32. The summed E-state index contributed by atoms with van der Waals surface area (Å²) in [7, 11) is 0. The zero-order valence-electron chi connectivity index (χ0n) is 11.7. The molecule has 4 nitrogen and oxygen atoms in total. The molecule has 1 aromatic rings. The second kappa shape index (κ2) is 5.34. The molecule has 0 saturated carbocycles. The highest BCUT2D eigenvalue weighted by Crippen LogP contribution is 2.25. The van der Waals surface area contributed by atoms with Gasteiger partial charge in [-0.3, -0.25) is 0 Å². The van der Waals surface area contributed by atoms with Crippen molar-refractivity contribution in [1.29, 1.82) is 0 Å². The highest BCUT2D eigenvalue weighted by molar-refractivity contribution is 5.48. The number of aryl methyl sites for hydroxylation is 1. The monoisotopic (exact) mass is 237 g/mol. The maximum atomic E-state index is 5.87. The van der Waals surface area contributed by atoms with Crippen molar-refractivity contribution in [1.82, 2.24) is 9.97 Å². The fourth-order valence-electron chi connectivity index (χ4n) is 1.43. The first-order valence-corrected chi connectivity index (χ1v) is 6.17. The molecule has 0 aromatic carbocycles. The molecule has 17 heavy (non-hydrogen) atoms. The van der Waals surface area contributed by atoms with Gasteiger partial charge in [-0.2, -0.15) is 4.98 Å². The molecule has 0 fully saturated rings. The fraction of sp³-hybridized carbons (Fsp3) is 0.692. The van der Waals surface area contributed by atoms with Crippen molar-refractivity contribution in [3.8, 4) is 5.88 Å². The predicted octanol–water partition coefficient (Wildman–Crippen LogP) is 2.96. The Hall–Kier alpha value is -1.32. The van der Waals surface area contributed by atoms with Gasteiger partial charge in [0.05, 0.1) is 5.56 Å². The molecule has 0 aliphatic rings. The number of anilines is 1. The van der Waals surface area contributed by atoms with Crippen LogP contribution in [0, 0.1) is 6.92 Å². The number of aromatic nitrogens is 2. The molecule has 1 heterocycles. The van der Waals surface area contributed by atoms with Crippen LogP contribution in [-0.4, -0.2) is 22.1 Å². The van der Waals surface area contributed by atoms with Crippen molar-refractivity contribution in [2.75, 3.05) is 11.9 Å². The molecular formula is C13H23N3O. The maximum absolute atomic E-state index is 5.87. The summed E-state index contributed by atoms with van der Waals surface area (Å²) in [5.41, 5.74) is 0.729. The third kappa shape index (κ3) is 3.88. The highest BCUT2D eigenvalue weighted by Gasteiger charge is 2.17. The molecule has 0 bridgehead atoms. The summed E-state index contributed by atoms with van der Waals surface area (Å²) in [5, 5.41) is 3.25. The van der Waals surface area contributed by atoms with E-state index < -0.39 is 0 Å². The van der Waals surface area contributed by atoms with Crippen LogP contribution in [0.3, 0.4) is 0 Å². The lowest BCUT2D eigenvalue weighted by Gasteiger charge is -2.22. The van der Waals surface area contributed by atoms with Gasteiger partial charge in [0.15, 0.2) is 0 Å². The second-order valence-electron chi connectivity index (χ2n) is 5.02. The summed E-state index contributed by atoms with van der Waals surface area (Å²) in [4.78, 5) is 8.91. The molecular weight excluding hydrogens is 214 g/mol.